The van der Waals surface area contributed by atoms with Crippen LogP contribution in [0.3, 0.4) is 0 Å². The van der Waals surface area contributed by atoms with Crippen LogP contribution in [0.2, 0.25) is 5.02 Å². The molecule has 0 heterocycles. The third-order valence-electron chi connectivity index (χ3n) is 4.23. The van der Waals surface area contributed by atoms with Crippen LogP contribution >= 0.6 is 11.6 Å². The van der Waals surface area contributed by atoms with Gasteiger partial charge in [-0.2, -0.15) is 13.2 Å². The summed E-state index contributed by atoms with van der Waals surface area (Å²) in [5, 5.41) is 3.98. The second kappa shape index (κ2) is 10.4. The molecular weight excluding hydrogens is 456 g/mol. The lowest BCUT2D eigenvalue weighted by molar-refractivity contribution is -0.150. The zero-order chi connectivity index (χ0) is 24.1. The monoisotopic (exact) mass is 474 g/mol. The van der Waals surface area contributed by atoms with Crippen LogP contribution in [0.1, 0.15) is 29.8 Å². The molecule has 0 unspecified atom stereocenters. The molecule has 32 heavy (non-hydrogen) atoms. The molecule has 172 valence electrons. The highest BCUT2D eigenvalue weighted by Crippen LogP contribution is 2.36. The Bertz CT molecular complexity index is 1010. The van der Waals surface area contributed by atoms with Gasteiger partial charge in [0.2, 0.25) is 0 Å². The van der Waals surface area contributed by atoms with E-state index < -0.39 is 58.9 Å². The van der Waals surface area contributed by atoms with E-state index in [-0.39, 0.29) is 11.3 Å². The molecule has 2 rings (SSSR count). The van der Waals surface area contributed by atoms with Crippen LogP contribution in [-0.4, -0.2) is 30.4 Å². The van der Waals surface area contributed by atoms with E-state index in [0.29, 0.717) is 6.07 Å². The van der Waals surface area contributed by atoms with Crippen LogP contribution in [0.15, 0.2) is 42.5 Å². The molecule has 11 heteroatoms. The average Bonchev–Trinajstić information content (AvgIpc) is 2.70. The van der Waals surface area contributed by atoms with E-state index in [1.54, 1.807) is 13.8 Å². The number of esters is 1. The smallest absolute Gasteiger partial charge is 0.417 e. The van der Waals surface area contributed by atoms with Crippen molar-refractivity contribution in [2.75, 3.05) is 11.9 Å². The Kier molecular flexibility index (Phi) is 8.20. The third kappa shape index (κ3) is 6.68. The highest BCUT2D eigenvalue weighted by molar-refractivity contribution is 6.31. The van der Waals surface area contributed by atoms with Gasteiger partial charge in [-0.1, -0.05) is 37.6 Å². The maximum absolute atomic E-state index is 13.8. The molecule has 2 aromatic carbocycles. The van der Waals surface area contributed by atoms with E-state index in [1.165, 1.54) is 18.2 Å². The standard InChI is InChI=1S/C21H19ClF4N2O4/c1-11(2)18(28-19(30)13-5-3-4-6-16(13)23)20(31)32-10-17(29)27-12-7-8-15(22)14(9-12)21(24,25)26/h3-9,11,18H,10H2,1-2H3,(H,27,29)(H,28,30)/t18-/m0/s1. The summed E-state index contributed by atoms with van der Waals surface area (Å²) in [5.41, 5.74) is -1.60. The number of ether oxygens (including phenoxy) is 1. The zero-order valence-electron chi connectivity index (χ0n) is 16.9. The minimum Gasteiger partial charge on any atom is -0.454 e. The molecule has 0 radical (unpaired) electrons. The topological polar surface area (TPSA) is 84.5 Å². The van der Waals surface area contributed by atoms with Crippen LogP contribution < -0.4 is 10.6 Å². The number of rotatable bonds is 7. The number of hydrogen-bond acceptors (Lipinski definition) is 4. The fraction of sp³-hybridized carbons (Fsp3) is 0.286. The van der Waals surface area contributed by atoms with E-state index in [9.17, 15) is 31.9 Å². The third-order valence-corrected chi connectivity index (χ3v) is 4.56. The quantitative estimate of drug-likeness (QED) is 0.459. The van der Waals surface area contributed by atoms with Crippen molar-refractivity contribution in [1.29, 1.82) is 0 Å². The molecule has 0 fully saturated rings. The average molecular weight is 475 g/mol. The first kappa shape index (κ1) is 25.1. The van der Waals surface area contributed by atoms with Gasteiger partial charge in [-0.25, -0.2) is 9.18 Å². The van der Waals surface area contributed by atoms with Crippen molar-refractivity contribution >= 4 is 35.1 Å². The molecule has 0 aliphatic carbocycles. The Morgan fingerprint density at radius 1 is 1.09 bits per heavy atom. The summed E-state index contributed by atoms with van der Waals surface area (Å²) < 4.78 is 57.4. The summed E-state index contributed by atoms with van der Waals surface area (Å²) in [4.78, 5) is 36.6. The molecule has 6 nitrogen and oxygen atoms in total. The molecule has 1 atom stereocenters. The predicted octanol–water partition coefficient (Wildman–Crippen LogP) is 4.43. The van der Waals surface area contributed by atoms with E-state index in [0.717, 1.165) is 18.2 Å². The first-order valence-corrected chi connectivity index (χ1v) is 9.66. The van der Waals surface area contributed by atoms with Gasteiger partial charge in [-0.05, 0) is 36.2 Å². The van der Waals surface area contributed by atoms with Gasteiger partial charge in [0, 0.05) is 5.69 Å². The summed E-state index contributed by atoms with van der Waals surface area (Å²) >= 11 is 5.52. The summed E-state index contributed by atoms with van der Waals surface area (Å²) in [7, 11) is 0. The van der Waals surface area contributed by atoms with Crippen molar-refractivity contribution in [3.05, 3.63) is 64.4 Å². The maximum Gasteiger partial charge on any atom is 0.417 e. The van der Waals surface area contributed by atoms with E-state index >= 15 is 0 Å². The Balaban J connectivity index is 1.99. The second-order valence-corrected chi connectivity index (χ2v) is 7.43. The van der Waals surface area contributed by atoms with Gasteiger partial charge in [0.25, 0.3) is 11.8 Å². The lowest BCUT2D eigenvalue weighted by atomic mass is 10.0. The fourth-order valence-electron chi connectivity index (χ4n) is 2.61. The number of carbonyl (C=O) groups is 3. The van der Waals surface area contributed by atoms with Crippen LogP contribution in [-0.2, 0) is 20.5 Å². The fourth-order valence-corrected chi connectivity index (χ4v) is 2.83. The van der Waals surface area contributed by atoms with Crippen molar-refractivity contribution in [2.45, 2.75) is 26.1 Å². The molecule has 0 aliphatic heterocycles. The normalized spacial score (nSPS) is 12.2. The first-order valence-electron chi connectivity index (χ1n) is 9.28. The summed E-state index contributed by atoms with van der Waals surface area (Å²) in [6.07, 6.45) is -4.72. The second-order valence-electron chi connectivity index (χ2n) is 7.02. The van der Waals surface area contributed by atoms with Crippen molar-refractivity contribution < 1.29 is 36.7 Å². The molecule has 0 aromatic heterocycles. The SMILES string of the molecule is CC(C)[C@H](NC(=O)c1ccccc1F)C(=O)OCC(=O)Nc1ccc(Cl)c(C(F)(F)F)c1. The summed E-state index contributed by atoms with van der Waals surface area (Å²) in [6, 6.07) is 6.76. The molecule has 2 N–H and O–H groups in total. The largest absolute Gasteiger partial charge is 0.454 e. The number of carbonyl (C=O) groups excluding carboxylic acids is 3. The lowest BCUT2D eigenvalue weighted by Gasteiger charge is -2.21. The molecule has 2 amide bonds. The molecule has 0 spiro atoms. The minimum absolute atomic E-state index is 0.198. The highest BCUT2D eigenvalue weighted by Gasteiger charge is 2.33. The number of amides is 2. The summed E-state index contributed by atoms with van der Waals surface area (Å²) in [5.74, 6) is -3.96. The van der Waals surface area contributed by atoms with Crippen LogP contribution in [0, 0.1) is 11.7 Å². The predicted molar refractivity (Wildman–Crippen MR) is 109 cm³/mol. The molecular formula is C21H19ClF4N2O4. The van der Waals surface area contributed by atoms with Crippen molar-refractivity contribution in [1.82, 2.24) is 5.32 Å². The van der Waals surface area contributed by atoms with Gasteiger partial charge in [0.1, 0.15) is 11.9 Å². The highest BCUT2D eigenvalue weighted by atomic mass is 35.5. The molecule has 0 aliphatic rings. The van der Waals surface area contributed by atoms with E-state index in [2.05, 4.69) is 10.6 Å². The first-order chi connectivity index (χ1) is 14.9. The molecule has 0 bridgehead atoms. The van der Waals surface area contributed by atoms with Crippen molar-refractivity contribution in [2.24, 2.45) is 5.92 Å². The van der Waals surface area contributed by atoms with Crippen LogP contribution in [0.4, 0.5) is 23.2 Å². The Morgan fingerprint density at radius 2 is 1.75 bits per heavy atom. The molecule has 0 saturated carbocycles. The van der Waals surface area contributed by atoms with E-state index in [4.69, 9.17) is 16.3 Å². The van der Waals surface area contributed by atoms with Crippen LogP contribution in [0.5, 0.6) is 0 Å². The lowest BCUT2D eigenvalue weighted by Crippen LogP contribution is -2.46. The summed E-state index contributed by atoms with van der Waals surface area (Å²) in [6.45, 7) is 2.38. The number of anilines is 1. The van der Waals surface area contributed by atoms with Gasteiger partial charge in [-0.3, -0.25) is 9.59 Å². The number of benzene rings is 2. The molecule has 0 saturated heterocycles. The number of hydrogen-bond donors (Lipinski definition) is 2. The van der Waals surface area contributed by atoms with E-state index in [1.807, 2.05) is 0 Å². The molecule has 2 aromatic rings. The Morgan fingerprint density at radius 3 is 2.34 bits per heavy atom. The Labute approximate surface area is 185 Å². The van der Waals surface area contributed by atoms with Gasteiger partial charge in [0.05, 0.1) is 16.1 Å². The number of halogens is 5. The zero-order valence-corrected chi connectivity index (χ0v) is 17.7. The number of alkyl halides is 3. The van der Waals surface area contributed by atoms with Gasteiger partial charge in [0.15, 0.2) is 6.61 Å². The van der Waals surface area contributed by atoms with Crippen LogP contribution in [0.25, 0.3) is 0 Å². The van der Waals surface area contributed by atoms with Gasteiger partial charge >= 0.3 is 12.1 Å². The van der Waals surface area contributed by atoms with Crippen molar-refractivity contribution in [3.63, 3.8) is 0 Å². The van der Waals surface area contributed by atoms with Gasteiger partial charge in [-0.15, -0.1) is 0 Å². The van der Waals surface area contributed by atoms with Crippen molar-refractivity contribution in [3.8, 4) is 0 Å². The number of nitrogens with one attached hydrogen (secondary N) is 2. The Hall–Kier alpha value is -3.14. The maximum atomic E-state index is 13.8. The minimum atomic E-state index is -4.72. The van der Waals surface area contributed by atoms with Gasteiger partial charge < -0.3 is 15.4 Å².